The van der Waals surface area contributed by atoms with Gasteiger partial charge >= 0.3 is 0 Å². The van der Waals surface area contributed by atoms with Gasteiger partial charge in [-0.25, -0.2) is 4.52 Å². The number of allylic oxidation sites excluding steroid dienone is 5. The summed E-state index contributed by atoms with van der Waals surface area (Å²) in [6.07, 6.45) is 15.4. The largest absolute Gasteiger partial charge is 0.492 e. The van der Waals surface area contributed by atoms with Crippen LogP contribution in [0.2, 0.25) is 0 Å². The van der Waals surface area contributed by atoms with Crippen LogP contribution in [0.25, 0.3) is 5.52 Å². The van der Waals surface area contributed by atoms with Gasteiger partial charge in [-0.05, 0) is 64.4 Å². The average Bonchev–Trinajstić information content (AvgIpc) is 3.31. The molecule has 0 N–H and O–H groups in total. The number of hydrogen-bond donors (Lipinski definition) is 0. The molecule has 0 radical (unpaired) electrons. The fraction of sp³-hybridized carbons (Fsp3) is 0.458. The van der Waals surface area contributed by atoms with Gasteiger partial charge in [-0.1, -0.05) is 6.42 Å². The average molecular weight is 420 g/mol. The highest BCUT2D eigenvalue weighted by Gasteiger charge is 2.20. The number of aromatic nitrogens is 3. The van der Waals surface area contributed by atoms with E-state index in [0.717, 1.165) is 59.0 Å². The van der Waals surface area contributed by atoms with Crippen molar-refractivity contribution in [2.75, 3.05) is 26.2 Å². The highest BCUT2D eigenvalue weighted by Crippen LogP contribution is 2.32. The molecule has 0 atom stereocenters. The van der Waals surface area contributed by atoms with Crippen molar-refractivity contribution in [1.82, 2.24) is 19.5 Å². The summed E-state index contributed by atoms with van der Waals surface area (Å²) in [6, 6.07) is 0. The van der Waals surface area contributed by atoms with Crippen LogP contribution < -0.4 is 9.47 Å². The van der Waals surface area contributed by atoms with Gasteiger partial charge in [0.25, 0.3) is 0 Å². The second-order valence-electron chi connectivity index (χ2n) is 8.44. The summed E-state index contributed by atoms with van der Waals surface area (Å²) in [4.78, 5) is 11.5. The lowest BCUT2D eigenvalue weighted by atomic mass is 10.0. The van der Waals surface area contributed by atoms with E-state index in [-0.39, 0.29) is 0 Å². The molecule has 7 heteroatoms. The van der Waals surface area contributed by atoms with Crippen LogP contribution in [-0.4, -0.2) is 51.5 Å². The van der Waals surface area contributed by atoms with Crippen LogP contribution in [0.15, 0.2) is 52.8 Å². The number of nitrogens with zero attached hydrogens (tertiary/aromatic N) is 5. The molecule has 1 aliphatic carbocycles. The van der Waals surface area contributed by atoms with Crippen molar-refractivity contribution in [3.05, 3.63) is 53.3 Å². The first kappa shape index (κ1) is 20.0. The third-order valence-corrected chi connectivity index (χ3v) is 6.09. The molecule has 1 fully saturated rings. The first-order valence-corrected chi connectivity index (χ1v) is 11.2. The van der Waals surface area contributed by atoms with Gasteiger partial charge in [-0.2, -0.15) is 10.1 Å². The molecule has 2 aliphatic heterocycles. The Kier molecular flexibility index (Phi) is 5.59. The van der Waals surface area contributed by atoms with Gasteiger partial charge in [0, 0.05) is 29.8 Å². The molecule has 1 saturated heterocycles. The van der Waals surface area contributed by atoms with E-state index < -0.39 is 0 Å². The van der Waals surface area contributed by atoms with Crippen molar-refractivity contribution < 1.29 is 9.47 Å². The molecule has 162 valence electrons. The minimum absolute atomic E-state index is 0.540. The second-order valence-corrected chi connectivity index (χ2v) is 8.44. The third-order valence-electron chi connectivity index (χ3n) is 6.09. The van der Waals surface area contributed by atoms with Gasteiger partial charge in [-0.3, -0.25) is 4.99 Å². The Morgan fingerprint density at radius 2 is 1.97 bits per heavy atom. The molecule has 4 heterocycles. The molecular formula is C24H29N5O2. The summed E-state index contributed by atoms with van der Waals surface area (Å²) in [5.41, 5.74) is 5.08. The Hall–Kier alpha value is -2.93. The van der Waals surface area contributed by atoms with Crippen LogP contribution in [0.4, 0.5) is 0 Å². The van der Waals surface area contributed by atoms with Crippen LogP contribution >= 0.6 is 0 Å². The Morgan fingerprint density at radius 1 is 1.10 bits per heavy atom. The van der Waals surface area contributed by atoms with Gasteiger partial charge in [-0.15, -0.1) is 0 Å². The molecular weight excluding hydrogens is 390 g/mol. The molecule has 0 spiro atoms. The van der Waals surface area contributed by atoms with Crippen molar-refractivity contribution in [1.29, 1.82) is 0 Å². The van der Waals surface area contributed by atoms with E-state index in [0.29, 0.717) is 12.5 Å². The standard InChI is InChI=1S/C24H29N5O2/c1-17-13-19-14-20(7-8-21(19)27-17)31-24-23-18(2)22(15-29(23)26-16-25-24)30-12-6-11-28-9-4-3-5-10-28/h7,13-16H,3-6,8-12H2,1-2H3. The van der Waals surface area contributed by atoms with E-state index in [1.807, 2.05) is 32.2 Å². The number of ether oxygens (including phenoxy) is 2. The molecule has 31 heavy (non-hydrogen) atoms. The van der Waals surface area contributed by atoms with Crippen LogP contribution in [0.1, 0.15) is 44.6 Å². The SMILES string of the molecule is CC1=CC2=CC(Oc3ncnn4cc(OCCCN5CCCCC5)c(C)c34)=CCC2=N1. The maximum Gasteiger partial charge on any atom is 0.247 e. The predicted octanol–water partition coefficient (Wildman–Crippen LogP) is 4.24. The zero-order valence-corrected chi connectivity index (χ0v) is 18.3. The van der Waals surface area contributed by atoms with Crippen molar-refractivity contribution in [3.8, 4) is 11.6 Å². The van der Waals surface area contributed by atoms with Gasteiger partial charge in [0.15, 0.2) is 0 Å². The minimum Gasteiger partial charge on any atom is -0.492 e. The fourth-order valence-corrected chi connectivity index (χ4v) is 4.48. The summed E-state index contributed by atoms with van der Waals surface area (Å²) in [7, 11) is 0. The second kappa shape index (κ2) is 8.67. The number of piperidine rings is 1. The quantitative estimate of drug-likeness (QED) is 0.628. The van der Waals surface area contributed by atoms with Crippen molar-refractivity contribution in [3.63, 3.8) is 0 Å². The minimum atomic E-state index is 0.540. The number of rotatable bonds is 7. The summed E-state index contributed by atoms with van der Waals surface area (Å²) >= 11 is 0. The van der Waals surface area contributed by atoms with Gasteiger partial charge in [0.2, 0.25) is 5.88 Å². The summed E-state index contributed by atoms with van der Waals surface area (Å²) in [5.74, 6) is 2.16. The van der Waals surface area contributed by atoms with Gasteiger partial charge in [0.05, 0.1) is 18.5 Å². The topological polar surface area (TPSA) is 64.2 Å². The third kappa shape index (κ3) is 4.28. The lowest BCUT2D eigenvalue weighted by molar-refractivity contribution is 0.204. The van der Waals surface area contributed by atoms with Crippen molar-refractivity contribution in [2.45, 2.75) is 46.0 Å². The van der Waals surface area contributed by atoms with Crippen LogP contribution in [0, 0.1) is 6.92 Å². The Labute approximate surface area is 182 Å². The van der Waals surface area contributed by atoms with E-state index in [1.165, 1.54) is 38.7 Å². The van der Waals surface area contributed by atoms with Crippen LogP contribution in [0.5, 0.6) is 11.6 Å². The highest BCUT2D eigenvalue weighted by atomic mass is 16.5. The van der Waals surface area contributed by atoms with E-state index in [2.05, 4.69) is 26.1 Å². The maximum atomic E-state index is 6.18. The molecule has 3 aliphatic rings. The molecule has 0 bridgehead atoms. The Morgan fingerprint density at radius 3 is 2.84 bits per heavy atom. The van der Waals surface area contributed by atoms with E-state index in [4.69, 9.17) is 9.47 Å². The zero-order valence-electron chi connectivity index (χ0n) is 18.3. The normalized spacial score (nSPS) is 18.9. The van der Waals surface area contributed by atoms with Gasteiger partial charge in [0.1, 0.15) is 23.4 Å². The highest BCUT2D eigenvalue weighted by molar-refractivity contribution is 6.07. The molecule has 5 rings (SSSR count). The molecule has 7 nitrogen and oxygen atoms in total. The first-order chi connectivity index (χ1) is 15.2. The van der Waals surface area contributed by atoms with E-state index >= 15 is 0 Å². The summed E-state index contributed by atoms with van der Waals surface area (Å²) < 4.78 is 14.1. The van der Waals surface area contributed by atoms with Crippen LogP contribution in [-0.2, 0) is 0 Å². The lowest BCUT2D eigenvalue weighted by Crippen LogP contribution is -2.31. The van der Waals surface area contributed by atoms with Gasteiger partial charge < -0.3 is 14.4 Å². The summed E-state index contributed by atoms with van der Waals surface area (Å²) in [6.45, 7) is 8.29. The van der Waals surface area contributed by atoms with Crippen molar-refractivity contribution >= 4 is 11.2 Å². The van der Waals surface area contributed by atoms with E-state index in [9.17, 15) is 0 Å². The smallest absolute Gasteiger partial charge is 0.247 e. The molecule has 0 amide bonds. The fourth-order valence-electron chi connectivity index (χ4n) is 4.48. The monoisotopic (exact) mass is 419 g/mol. The number of fused-ring (bicyclic) bond motifs is 2. The summed E-state index contributed by atoms with van der Waals surface area (Å²) in [5, 5.41) is 4.36. The molecule has 2 aromatic heterocycles. The molecule has 2 aromatic rings. The lowest BCUT2D eigenvalue weighted by Gasteiger charge is -2.26. The molecule has 0 saturated carbocycles. The number of likely N-dealkylation sites (tertiary alicyclic amines) is 1. The van der Waals surface area contributed by atoms with E-state index in [1.54, 1.807) is 4.52 Å². The predicted molar refractivity (Wildman–Crippen MR) is 121 cm³/mol. The van der Waals surface area contributed by atoms with Crippen molar-refractivity contribution in [2.24, 2.45) is 4.99 Å². The Bertz CT molecular complexity index is 1100. The number of aryl methyl sites for hydroxylation is 1. The Balaban J connectivity index is 1.27. The molecule has 0 aromatic carbocycles. The first-order valence-electron chi connectivity index (χ1n) is 11.2. The maximum absolute atomic E-state index is 6.18. The zero-order chi connectivity index (χ0) is 21.2. The molecule has 0 unspecified atom stereocenters. The number of aliphatic imine (C=N–C) groups is 1. The van der Waals surface area contributed by atoms with Crippen LogP contribution in [0.3, 0.4) is 0 Å². The number of hydrogen-bond acceptors (Lipinski definition) is 6.